The number of aromatic nitrogens is 4. The highest BCUT2D eigenvalue weighted by Crippen LogP contribution is 2.40. The van der Waals surface area contributed by atoms with E-state index in [-0.39, 0.29) is 5.92 Å². The lowest BCUT2D eigenvalue weighted by atomic mass is 9.90. The zero-order valence-electron chi connectivity index (χ0n) is 30.6. The number of para-hydroxylation sites is 3. The molecule has 3 aromatic heterocycles. The van der Waals surface area contributed by atoms with Gasteiger partial charge in [-0.15, -0.1) is 0 Å². The van der Waals surface area contributed by atoms with Crippen LogP contribution >= 0.6 is 0 Å². The molecule has 3 heterocycles. The van der Waals surface area contributed by atoms with Crippen molar-refractivity contribution < 1.29 is 0 Å². The fourth-order valence-electron chi connectivity index (χ4n) is 8.58. The number of rotatable bonds is 6. The maximum atomic E-state index is 5.17. The van der Waals surface area contributed by atoms with Crippen molar-refractivity contribution in [2.75, 3.05) is 0 Å². The molecule has 4 nitrogen and oxygen atoms in total. The zero-order valence-corrected chi connectivity index (χ0v) is 30.6. The van der Waals surface area contributed by atoms with Crippen molar-refractivity contribution in [1.29, 1.82) is 0 Å². The van der Waals surface area contributed by atoms with Gasteiger partial charge in [0.1, 0.15) is 0 Å². The van der Waals surface area contributed by atoms with E-state index in [0.29, 0.717) is 5.82 Å². The molecule has 56 heavy (non-hydrogen) atoms. The molecule has 0 N–H and O–H groups in total. The van der Waals surface area contributed by atoms with E-state index < -0.39 is 0 Å². The van der Waals surface area contributed by atoms with E-state index in [1.165, 1.54) is 49.4 Å². The van der Waals surface area contributed by atoms with Crippen LogP contribution in [0, 0.1) is 0 Å². The summed E-state index contributed by atoms with van der Waals surface area (Å²) in [4.78, 5) is 10.3. The molecule has 4 heteroatoms. The normalized spacial score (nSPS) is 14.2. The Kier molecular flexibility index (Phi) is 7.59. The second-order valence-electron chi connectivity index (χ2n) is 14.6. The molecular formula is C52H36N4. The first-order chi connectivity index (χ1) is 27.8. The molecule has 11 rings (SSSR count). The van der Waals surface area contributed by atoms with Crippen molar-refractivity contribution in [3.05, 3.63) is 206 Å². The van der Waals surface area contributed by atoms with Gasteiger partial charge in [0.15, 0.2) is 5.82 Å². The third-order valence-electron chi connectivity index (χ3n) is 11.3. The summed E-state index contributed by atoms with van der Waals surface area (Å²) in [5.74, 6) is 0.968. The van der Waals surface area contributed by atoms with Gasteiger partial charge in [0.2, 0.25) is 0 Å². The lowest BCUT2D eigenvalue weighted by Crippen LogP contribution is -2.03. The third kappa shape index (κ3) is 5.38. The first-order valence-electron chi connectivity index (χ1n) is 19.3. The van der Waals surface area contributed by atoms with Gasteiger partial charge in [-0.3, -0.25) is 0 Å². The van der Waals surface area contributed by atoms with E-state index in [2.05, 4.69) is 197 Å². The van der Waals surface area contributed by atoms with E-state index in [0.717, 1.165) is 45.7 Å². The molecule has 0 amide bonds. The molecule has 0 radical (unpaired) electrons. The smallest absolute Gasteiger partial charge is 0.160 e. The molecule has 1 aliphatic carbocycles. The molecule has 0 bridgehead atoms. The van der Waals surface area contributed by atoms with Gasteiger partial charge in [0.25, 0.3) is 0 Å². The van der Waals surface area contributed by atoms with Crippen molar-refractivity contribution in [2.45, 2.75) is 12.3 Å². The van der Waals surface area contributed by atoms with Crippen LogP contribution in [0.25, 0.3) is 88.9 Å². The van der Waals surface area contributed by atoms with Crippen molar-refractivity contribution >= 4 is 49.3 Å². The Morgan fingerprint density at radius 1 is 0.429 bits per heavy atom. The average Bonchev–Trinajstić information content (AvgIpc) is 3.79. The standard InChI is InChI=1S/C52H36N4/c1-4-14-36(15-5-1)46-34-47(37-16-6-2-7-17-37)54-52(53-46)39-27-31-51-45(33-39)44-32-38(26-30-50(44)55(51)40-18-8-3-9-19-40)35-24-28-41(29-25-35)56-48-22-12-10-20-42(48)43-21-11-13-23-49(43)56/h1-24,26-35H,25H2. The Morgan fingerprint density at radius 3 is 1.57 bits per heavy atom. The predicted octanol–water partition coefficient (Wildman–Crippen LogP) is 13.3. The molecule has 0 saturated heterocycles. The first-order valence-corrected chi connectivity index (χ1v) is 19.3. The van der Waals surface area contributed by atoms with Crippen LogP contribution in [0.3, 0.4) is 0 Å². The van der Waals surface area contributed by atoms with Gasteiger partial charge < -0.3 is 9.13 Å². The molecule has 264 valence electrons. The second kappa shape index (κ2) is 13.2. The van der Waals surface area contributed by atoms with Gasteiger partial charge in [-0.1, -0.05) is 133 Å². The van der Waals surface area contributed by atoms with Gasteiger partial charge >= 0.3 is 0 Å². The van der Waals surface area contributed by atoms with Crippen LogP contribution in [-0.4, -0.2) is 19.1 Å². The van der Waals surface area contributed by atoms with E-state index >= 15 is 0 Å². The highest BCUT2D eigenvalue weighted by molar-refractivity contribution is 6.11. The van der Waals surface area contributed by atoms with Crippen LogP contribution < -0.4 is 0 Å². The molecule has 10 aromatic rings. The molecule has 0 spiro atoms. The lowest BCUT2D eigenvalue weighted by molar-refractivity contribution is 0.851. The largest absolute Gasteiger partial charge is 0.310 e. The Labute approximate surface area is 325 Å². The van der Waals surface area contributed by atoms with E-state index in [1.807, 2.05) is 12.1 Å². The fourth-order valence-corrected chi connectivity index (χ4v) is 8.58. The van der Waals surface area contributed by atoms with Crippen molar-refractivity contribution in [2.24, 2.45) is 0 Å². The Balaban J connectivity index is 1.04. The van der Waals surface area contributed by atoms with Gasteiger partial charge in [-0.25, -0.2) is 9.97 Å². The lowest BCUT2D eigenvalue weighted by Gasteiger charge is -2.19. The molecule has 1 aliphatic rings. The summed E-state index contributed by atoms with van der Waals surface area (Å²) in [6.45, 7) is 0. The van der Waals surface area contributed by atoms with Gasteiger partial charge in [0, 0.05) is 55.5 Å². The van der Waals surface area contributed by atoms with Crippen LogP contribution in [0.1, 0.15) is 17.9 Å². The minimum atomic E-state index is 0.258. The van der Waals surface area contributed by atoms with Crippen LogP contribution in [0.4, 0.5) is 0 Å². The second-order valence-corrected chi connectivity index (χ2v) is 14.6. The van der Waals surface area contributed by atoms with Crippen molar-refractivity contribution in [3.63, 3.8) is 0 Å². The summed E-state index contributed by atoms with van der Waals surface area (Å²) in [5.41, 5.74) is 13.4. The van der Waals surface area contributed by atoms with E-state index in [9.17, 15) is 0 Å². The van der Waals surface area contributed by atoms with Gasteiger partial charge in [-0.05, 0) is 78.7 Å². The molecule has 0 aliphatic heterocycles. The number of benzene rings is 7. The SMILES string of the molecule is C1=CC(c2ccc3c(c2)c2cc(-c4nc(-c5ccccc5)cc(-c5ccccc5)n4)ccc2n3-c2ccccc2)CC=C1n1c2ccccc2c2ccccc21. The van der Waals surface area contributed by atoms with Crippen LogP contribution in [-0.2, 0) is 0 Å². The van der Waals surface area contributed by atoms with Gasteiger partial charge in [-0.2, -0.15) is 0 Å². The number of fused-ring (bicyclic) bond motifs is 6. The number of nitrogens with zero attached hydrogens (tertiary/aromatic N) is 4. The fraction of sp³-hybridized carbons (Fsp3) is 0.0385. The Hall–Kier alpha value is -7.30. The van der Waals surface area contributed by atoms with Crippen molar-refractivity contribution in [3.8, 4) is 39.6 Å². The van der Waals surface area contributed by atoms with Crippen LogP contribution in [0.5, 0.6) is 0 Å². The monoisotopic (exact) mass is 716 g/mol. The maximum absolute atomic E-state index is 5.17. The third-order valence-corrected chi connectivity index (χ3v) is 11.3. The summed E-state index contributed by atoms with van der Waals surface area (Å²) in [7, 11) is 0. The van der Waals surface area contributed by atoms with Gasteiger partial charge in [0.05, 0.1) is 33.5 Å². The number of hydrogen-bond donors (Lipinski definition) is 0. The quantitative estimate of drug-likeness (QED) is 0.172. The molecule has 0 saturated carbocycles. The number of allylic oxidation sites excluding steroid dienone is 4. The Bertz CT molecular complexity index is 3040. The highest BCUT2D eigenvalue weighted by atomic mass is 15.0. The zero-order chi connectivity index (χ0) is 37.0. The Morgan fingerprint density at radius 2 is 0.964 bits per heavy atom. The van der Waals surface area contributed by atoms with Crippen LogP contribution in [0.15, 0.2) is 200 Å². The average molecular weight is 717 g/mol. The molecule has 0 fully saturated rings. The first kappa shape index (κ1) is 32.2. The molecule has 1 unspecified atom stereocenters. The van der Waals surface area contributed by atoms with E-state index in [1.54, 1.807) is 0 Å². The summed E-state index contributed by atoms with van der Waals surface area (Å²) < 4.78 is 4.79. The van der Waals surface area contributed by atoms with Crippen molar-refractivity contribution in [1.82, 2.24) is 19.1 Å². The predicted molar refractivity (Wildman–Crippen MR) is 233 cm³/mol. The molecular weight excluding hydrogens is 681 g/mol. The maximum Gasteiger partial charge on any atom is 0.160 e. The highest BCUT2D eigenvalue weighted by Gasteiger charge is 2.20. The molecule has 1 atom stereocenters. The topological polar surface area (TPSA) is 35.6 Å². The van der Waals surface area contributed by atoms with Crippen LogP contribution in [0.2, 0.25) is 0 Å². The summed E-state index contributed by atoms with van der Waals surface area (Å²) in [6, 6.07) is 64.7. The summed E-state index contributed by atoms with van der Waals surface area (Å²) >= 11 is 0. The minimum absolute atomic E-state index is 0.258. The minimum Gasteiger partial charge on any atom is -0.310 e. The van der Waals surface area contributed by atoms with E-state index in [4.69, 9.17) is 9.97 Å². The molecule has 7 aromatic carbocycles. The summed E-state index contributed by atoms with van der Waals surface area (Å²) in [5, 5.41) is 4.97. The number of hydrogen-bond acceptors (Lipinski definition) is 2. The summed E-state index contributed by atoms with van der Waals surface area (Å²) in [6.07, 6.45) is 8.02.